The number of hydrogen-bond donors (Lipinski definition) is 9. The van der Waals surface area contributed by atoms with Gasteiger partial charge in [0.2, 0.25) is 0 Å². The van der Waals surface area contributed by atoms with Crippen molar-refractivity contribution in [2.75, 3.05) is 19.8 Å². The predicted molar refractivity (Wildman–Crippen MR) is 214 cm³/mol. The number of aliphatic carboxylic acids is 1. The third kappa shape index (κ3) is 7.48. The number of allylic oxidation sites excluding steroid dienone is 2. The lowest BCUT2D eigenvalue weighted by Crippen LogP contribution is -2.66. The summed E-state index contributed by atoms with van der Waals surface area (Å²) in [6, 6.07) is 0. The van der Waals surface area contributed by atoms with Crippen LogP contribution in [-0.2, 0) is 33.2 Å². The summed E-state index contributed by atoms with van der Waals surface area (Å²) >= 11 is 0. The summed E-state index contributed by atoms with van der Waals surface area (Å²) in [5, 5.41) is 97.1. The molecule has 4 saturated carbocycles. The number of carboxylic acid groups (broad SMARTS) is 1. The molecular weight excluding hydrogens is 796 g/mol. The number of fused-ring (bicyclic) bond motifs is 7. The summed E-state index contributed by atoms with van der Waals surface area (Å²) in [6.45, 7) is 12.1. The fourth-order valence-electron chi connectivity index (χ4n) is 14.2. The molecule has 0 amide bonds. The van der Waals surface area contributed by atoms with Crippen LogP contribution in [0.15, 0.2) is 11.6 Å². The van der Waals surface area contributed by atoms with Gasteiger partial charge in [0.15, 0.2) is 18.9 Å². The summed E-state index contributed by atoms with van der Waals surface area (Å²) in [7, 11) is 0. The van der Waals surface area contributed by atoms with E-state index in [0.717, 1.165) is 51.4 Å². The van der Waals surface area contributed by atoms with Crippen LogP contribution in [0.5, 0.6) is 0 Å². The number of aliphatic hydroxyl groups is 8. The lowest BCUT2D eigenvalue weighted by atomic mass is 9.37. The molecule has 16 heteroatoms. The van der Waals surface area contributed by atoms with Crippen LogP contribution in [0.3, 0.4) is 0 Å². The molecule has 9 N–H and O–H groups in total. The third-order valence-electron chi connectivity index (χ3n) is 17.9. The van der Waals surface area contributed by atoms with Gasteiger partial charge in [0.1, 0.15) is 54.9 Å². The Morgan fingerprint density at radius 3 is 2.03 bits per heavy atom. The molecular formula is C45H72O16. The summed E-state index contributed by atoms with van der Waals surface area (Å²) in [5.41, 5.74) is -0.192. The van der Waals surface area contributed by atoms with Crippen LogP contribution in [0.4, 0.5) is 0 Å². The lowest BCUT2D eigenvalue weighted by molar-refractivity contribution is -0.379. The van der Waals surface area contributed by atoms with E-state index >= 15 is 0 Å². The van der Waals surface area contributed by atoms with Crippen LogP contribution in [0, 0.1) is 50.7 Å². The molecule has 0 radical (unpaired) electrons. The summed E-state index contributed by atoms with van der Waals surface area (Å²) < 4.78 is 35.9. The molecule has 3 aliphatic heterocycles. The first-order chi connectivity index (χ1) is 28.6. The maximum atomic E-state index is 13.0. The Balaban J connectivity index is 1.00. The Bertz CT molecular complexity index is 1640. The number of ether oxygens (including phenoxy) is 6. The highest BCUT2D eigenvalue weighted by molar-refractivity contribution is 5.76. The second-order valence-electron chi connectivity index (χ2n) is 21.8. The largest absolute Gasteiger partial charge is 0.481 e. The van der Waals surface area contributed by atoms with Crippen LogP contribution < -0.4 is 0 Å². The van der Waals surface area contributed by atoms with Gasteiger partial charge in [-0.2, -0.15) is 0 Å². The molecule has 0 aromatic rings. The zero-order valence-corrected chi connectivity index (χ0v) is 36.5. The Hall–Kier alpha value is -1.35. The van der Waals surface area contributed by atoms with E-state index in [9.17, 15) is 50.8 Å². The van der Waals surface area contributed by atoms with Gasteiger partial charge in [0.05, 0.1) is 37.4 Å². The first kappa shape index (κ1) is 46.2. The average molecular weight is 869 g/mol. The van der Waals surface area contributed by atoms with Crippen LogP contribution in [0.1, 0.15) is 106 Å². The second-order valence-corrected chi connectivity index (χ2v) is 21.8. The molecule has 22 atom stereocenters. The van der Waals surface area contributed by atoms with Gasteiger partial charge in [-0.3, -0.25) is 4.79 Å². The van der Waals surface area contributed by atoms with E-state index in [1.54, 1.807) is 0 Å². The minimum Gasteiger partial charge on any atom is -0.481 e. The van der Waals surface area contributed by atoms with Gasteiger partial charge in [0, 0.05) is 5.41 Å². The molecule has 0 aromatic heterocycles. The van der Waals surface area contributed by atoms with Crippen molar-refractivity contribution in [2.45, 2.75) is 192 Å². The van der Waals surface area contributed by atoms with Crippen molar-refractivity contribution in [1.82, 2.24) is 0 Å². The van der Waals surface area contributed by atoms with Crippen molar-refractivity contribution >= 4 is 5.97 Å². The van der Waals surface area contributed by atoms with Crippen molar-refractivity contribution in [1.29, 1.82) is 0 Å². The van der Waals surface area contributed by atoms with Crippen LogP contribution in [0.25, 0.3) is 0 Å². The number of hydrogen-bond acceptors (Lipinski definition) is 15. The van der Waals surface area contributed by atoms with Gasteiger partial charge in [-0.25, -0.2) is 0 Å². The van der Waals surface area contributed by atoms with Crippen molar-refractivity contribution in [3.05, 3.63) is 11.6 Å². The first-order valence-corrected chi connectivity index (χ1v) is 22.8. The molecule has 348 valence electrons. The summed E-state index contributed by atoms with van der Waals surface area (Å²) in [6.07, 6.45) is -8.99. The molecule has 0 bridgehead atoms. The zero-order chi connectivity index (χ0) is 44.2. The van der Waals surface area contributed by atoms with Gasteiger partial charge in [-0.05, 0) is 111 Å². The maximum Gasteiger partial charge on any atom is 0.310 e. The Morgan fingerprint density at radius 1 is 0.689 bits per heavy atom. The van der Waals surface area contributed by atoms with Gasteiger partial charge in [-0.15, -0.1) is 0 Å². The number of carbonyl (C=O) groups is 1. The fourth-order valence-corrected chi connectivity index (χ4v) is 14.2. The topological polar surface area (TPSA) is 255 Å². The van der Waals surface area contributed by atoms with E-state index < -0.39 is 103 Å². The highest BCUT2D eigenvalue weighted by Gasteiger charge is 2.67. The molecule has 8 aliphatic rings. The molecule has 8 rings (SSSR count). The fraction of sp³-hybridized carbons (Fsp3) is 0.933. The molecule has 0 spiro atoms. The van der Waals surface area contributed by atoms with Gasteiger partial charge < -0.3 is 74.4 Å². The van der Waals surface area contributed by atoms with Crippen LogP contribution in [0.2, 0.25) is 0 Å². The second kappa shape index (κ2) is 16.5. The molecule has 0 unspecified atom stereocenters. The molecule has 7 fully saturated rings. The molecule has 61 heavy (non-hydrogen) atoms. The Labute approximate surface area is 358 Å². The Morgan fingerprint density at radius 2 is 1.34 bits per heavy atom. The molecule has 16 nitrogen and oxygen atoms in total. The average Bonchev–Trinajstić information content (AvgIpc) is 3.21. The summed E-state index contributed by atoms with van der Waals surface area (Å²) in [5.74, 6) is 0.0468. The Kier molecular flexibility index (Phi) is 12.5. The monoisotopic (exact) mass is 868 g/mol. The third-order valence-corrected chi connectivity index (χ3v) is 17.9. The summed E-state index contributed by atoms with van der Waals surface area (Å²) in [4.78, 5) is 13.0. The van der Waals surface area contributed by atoms with Crippen molar-refractivity contribution in [2.24, 2.45) is 50.7 Å². The van der Waals surface area contributed by atoms with Gasteiger partial charge in [0.25, 0.3) is 0 Å². The minimum absolute atomic E-state index is 0.0350. The number of rotatable bonds is 8. The van der Waals surface area contributed by atoms with E-state index in [0.29, 0.717) is 24.7 Å². The predicted octanol–water partition coefficient (Wildman–Crippen LogP) is 1.59. The number of carboxylic acids is 1. The van der Waals surface area contributed by atoms with E-state index in [-0.39, 0.29) is 47.9 Å². The molecule has 0 aromatic carbocycles. The van der Waals surface area contributed by atoms with Gasteiger partial charge >= 0.3 is 5.97 Å². The van der Waals surface area contributed by atoms with E-state index in [1.165, 1.54) is 12.5 Å². The highest BCUT2D eigenvalue weighted by atomic mass is 16.8. The lowest BCUT2D eigenvalue weighted by Gasteiger charge is -2.68. The standard InChI is InChI=1S/C45H72O16/c1-21-30(49)35(60-37-33(52)31(50)25(47)18-56-37)34(53)38(58-21)61-36-32(51)26(48)19-57-39(36)59-29-11-13-43(5)27-8-7-22-23(42(27,4)12-10-28(43)44(29,6)20-46)9-14-45(40(54)55)16-15-41(2,3)17-24(22)45/h7,21,23-39,46-53H,8-20H2,1-6H3,(H,54,55)/t21-,23+,24-,25-,26-,27-,28+,29-,30-,31-,32-,33+,34+,35+,36+,37-,38-,39-,42-,43+,44-,45+/m0/s1. The van der Waals surface area contributed by atoms with E-state index in [4.69, 9.17) is 28.4 Å². The van der Waals surface area contributed by atoms with Crippen molar-refractivity contribution in [3.63, 3.8) is 0 Å². The molecule has 3 heterocycles. The SMILES string of the molecule is C[C@@H]1O[C@@H](O[C@H]2[C@H](O[C@H]3CC[C@@]4(C)[C@@H](CC[C@]5(C)[C@@H]4CC=C4[C@H]5CC[C@@]5(C(=O)O)CCC(C)(C)C[C@@H]45)[C@]3(C)CO)OC[C@H](O)[C@@H]2O)[C@H](O)[C@H](O[C@@H]2OC[C@H](O)[C@H](O)[C@H]2O)[C@H]1O. The first-order valence-electron chi connectivity index (χ1n) is 22.8. The van der Waals surface area contributed by atoms with Crippen LogP contribution >= 0.6 is 0 Å². The smallest absolute Gasteiger partial charge is 0.310 e. The van der Waals surface area contributed by atoms with Gasteiger partial charge in [-0.1, -0.05) is 46.3 Å². The quantitative estimate of drug-likeness (QED) is 0.124. The minimum atomic E-state index is -1.73. The van der Waals surface area contributed by atoms with Crippen molar-refractivity contribution in [3.8, 4) is 0 Å². The normalized spacial score (nSPS) is 54.6. The van der Waals surface area contributed by atoms with E-state index in [1.807, 2.05) is 0 Å². The van der Waals surface area contributed by atoms with Crippen LogP contribution in [-0.4, -0.2) is 158 Å². The zero-order valence-electron chi connectivity index (χ0n) is 36.5. The van der Waals surface area contributed by atoms with Crippen molar-refractivity contribution < 1.29 is 79.2 Å². The highest BCUT2D eigenvalue weighted by Crippen LogP contribution is 2.72. The van der Waals surface area contributed by atoms with E-state index in [2.05, 4.69) is 40.7 Å². The molecule has 3 saturated heterocycles. The molecule has 5 aliphatic carbocycles. The maximum absolute atomic E-state index is 13.0. The number of aliphatic hydroxyl groups excluding tert-OH is 8.